The fraction of sp³-hybridized carbons (Fsp3) is 0.647. The zero-order valence-electron chi connectivity index (χ0n) is 14.5. The molecule has 0 bridgehead atoms. The molecule has 2 aliphatic rings. The van der Waals surface area contributed by atoms with Gasteiger partial charge in [-0.25, -0.2) is 13.4 Å². The van der Waals surface area contributed by atoms with Crippen molar-refractivity contribution in [1.82, 2.24) is 19.0 Å². The fourth-order valence-electron chi connectivity index (χ4n) is 3.84. The van der Waals surface area contributed by atoms with Crippen molar-refractivity contribution in [3.63, 3.8) is 0 Å². The lowest BCUT2D eigenvalue weighted by Crippen LogP contribution is -2.40. The first-order valence-electron chi connectivity index (χ1n) is 8.98. The minimum Gasteiger partial charge on any atom is -0.360 e. The second kappa shape index (κ2) is 6.57. The van der Waals surface area contributed by atoms with Crippen LogP contribution in [-0.4, -0.2) is 40.5 Å². The highest BCUT2D eigenvalue weighted by atomic mass is 32.2. The number of rotatable bonds is 5. The maximum absolute atomic E-state index is 12.9. The van der Waals surface area contributed by atoms with Gasteiger partial charge in [0.25, 0.3) is 0 Å². The van der Waals surface area contributed by atoms with E-state index in [1.54, 1.807) is 11.2 Å². The van der Waals surface area contributed by atoms with E-state index in [-0.39, 0.29) is 10.8 Å². The Bertz CT molecular complexity index is 838. The van der Waals surface area contributed by atoms with Crippen LogP contribution in [0.2, 0.25) is 0 Å². The first kappa shape index (κ1) is 16.8. The standard InChI is InChI=1S/C17H24N4O3S/c1-13-16(10-19-24-13)25(22,23)21-8-3-6-15(12-21)17-18-7-9-20(17)11-14-4-2-5-14/h7,9-10,14-15H,2-6,8,11-12H2,1H3. The molecule has 1 saturated heterocycles. The van der Waals surface area contributed by atoms with Crippen LogP contribution in [0.25, 0.3) is 0 Å². The van der Waals surface area contributed by atoms with Crippen molar-refractivity contribution >= 4 is 10.0 Å². The van der Waals surface area contributed by atoms with Crippen LogP contribution in [0.5, 0.6) is 0 Å². The Balaban J connectivity index is 1.54. The summed E-state index contributed by atoms with van der Waals surface area (Å²) in [5.74, 6) is 2.25. The van der Waals surface area contributed by atoms with E-state index in [2.05, 4.69) is 14.7 Å². The van der Waals surface area contributed by atoms with Crippen molar-refractivity contribution in [2.75, 3.05) is 13.1 Å². The molecule has 2 aromatic rings. The molecule has 0 amide bonds. The van der Waals surface area contributed by atoms with Crippen LogP contribution < -0.4 is 0 Å². The second-order valence-electron chi connectivity index (χ2n) is 7.18. The van der Waals surface area contributed by atoms with Gasteiger partial charge in [0, 0.05) is 37.9 Å². The summed E-state index contributed by atoms with van der Waals surface area (Å²) in [5, 5.41) is 3.62. The highest BCUT2D eigenvalue weighted by molar-refractivity contribution is 7.89. The van der Waals surface area contributed by atoms with Gasteiger partial charge >= 0.3 is 0 Å². The smallest absolute Gasteiger partial charge is 0.248 e. The normalized spacial score (nSPS) is 22.8. The third-order valence-electron chi connectivity index (χ3n) is 5.50. The molecule has 0 radical (unpaired) electrons. The van der Waals surface area contributed by atoms with Crippen LogP contribution in [0.3, 0.4) is 0 Å². The second-order valence-corrected chi connectivity index (χ2v) is 9.09. The van der Waals surface area contributed by atoms with Crippen molar-refractivity contribution in [1.29, 1.82) is 0 Å². The number of sulfonamides is 1. The SMILES string of the molecule is Cc1oncc1S(=O)(=O)N1CCCC(c2nccn2CC2CCC2)C1. The maximum Gasteiger partial charge on any atom is 0.248 e. The van der Waals surface area contributed by atoms with E-state index < -0.39 is 10.0 Å². The number of hydrogen-bond donors (Lipinski definition) is 0. The monoisotopic (exact) mass is 364 g/mol. The summed E-state index contributed by atoms with van der Waals surface area (Å²) in [6.45, 7) is 3.64. The van der Waals surface area contributed by atoms with Gasteiger partial charge in [0.1, 0.15) is 10.7 Å². The minimum absolute atomic E-state index is 0.138. The van der Waals surface area contributed by atoms with Gasteiger partial charge in [-0.15, -0.1) is 0 Å². The van der Waals surface area contributed by atoms with Gasteiger partial charge in [0.05, 0.1) is 6.20 Å². The summed E-state index contributed by atoms with van der Waals surface area (Å²) in [7, 11) is -3.56. The van der Waals surface area contributed by atoms with E-state index in [1.165, 1.54) is 25.5 Å². The van der Waals surface area contributed by atoms with Gasteiger partial charge in [-0.05, 0) is 38.5 Å². The van der Waals surface area contributed by atoms with E-state index in [0.29, 0.717) is 18.8 Å². The molecule has 7 nitrogen and oxygen atoms in total. The zero-order valence-corrected chi connectivity index (χ0v) is 15.3. The Hall–Kier alpha value is -1.67. The van der Waals surface area contributed by atoms with Crippen LogP contribution in [0, 0.1) is 12.8 Å². The summed E-state index contributed by atoms with van der Waals surface area (Å²) >= 11 is 0. The molecule has 2 aromatic heterocycles. The molecule has 1 unspecified atom stereocenters. The van der Waals surface area contributed by atoms with Crippen molar-refractivity contribution < 1.29 is 12.9 Å². The maximum atomic E-state index is 12.9. The summed E-state index contributed by atoms with van der Waals surface area (Å²) < 4.78 is 34.5. The van der Waals surface area contributed by atoms with Gasteiger partial charge in [-0.1, -0.05) is 11.6 Å². The fourth-order valence-corrected chi connectivity index (χ4v) is 5.44. The first-order valence-corrected chi connectivity index (χ1v) is 10.4. The lowest BCUT2D eigenvalue weighted by Gasteiger charge is -2.32. The largest absolute Gasteiger partial charge is 0.360 e. The zero-order chi connectivity index (χ0) is 17.4. The van der Waals surface area contributed by atoms with Gasteiger partial charge in [0.15, 0.2) is 5.76 Å². The minimum atomic E-state index is -3.56. The molecule has 2 fully saturated rings. The molecule has 0 N–H and O–H groups in total. The van der Waals surface area contributed by atoms with E-state index in [9.17, 15) is 8.42 Å². The Kier molecular flexibility index (Phi) is 4.41. The Morgan fingerprint density at radius 1 is 1.28 bits per heavy atom. The number of aryl methyl sites for hydroxylation is 1. The average molecular weight is 364 g/mol. The summed E-state index contributed by atoms with van der Waals surface area (Å²) in [4.78, 5) is 4.73. The summed E-state index contributed by atoms with van der Waals surface area (Å²) in [6.07, 6.45) is 10.9. The van der Waals surface area contributed by atoms with E-state index in [4.69, 9.17) is 4.52 Å². The molecule has 3 heterocycles. The molecule has 1 saturated carbocycles. The Morgan fingerprint density at radius 2 is 2.12 bits per heavy atom. The molecular formula is C17H24N4O3S. The van der Waals surface area contributed by atoms with Crippen LogP contribution in [0.1, 0.15) is 49.6 Å². The van der Waals surface area contributed by atoms with E-state index >= 15 is 0 Å². The predicted octanol–water partition coefficient (Wildman–Crippen LogP) is 2.55. The van der Waals surface area contributed by atoms with E-state index in [1.807, 2.05) is 12.4 Å². The first-order chi connectivity index (χ1) is 12.1. The molecule has 0 spiro atoms. The van der Waals surface area contributed by atoms with Crippen molar-refractivity contribution in [3.05, 3.63) is 30.2 Å². The van der Waals surface area contributed by atoms with E-state index in [0.717, 1.165) is 31.1 Å². The lowest BCUT2D eigenvalue weighted by atomic mass is 9.85. The number of aromatic nitrogens is 3. The Labute approximate surface area is 148 Å². The number of nitrogens with zero attached hydrogens (tertiary/aromatic N) is 4. The van der Waals surface area contributed by atoms with Crippen molar-refractivity contribution in [2.24, 2.45) is 5.92 Å². The van der Waals surface area contributed by atoms with Gasteiger partial charge < -0.3 is 9.09 Å². The molecule has 1 aliphatic carbocycles. The molecular weight excluding hydrogens is 340 g/mol. The predicted molar refractivity (Wildman–Crippen MR) is 91.5 cm³/mol. The number of piperidine rings is 1. The molecule has 25 heavy (non-hydrogen) atoms. The molecule has 136 valence electrons. The molecule has 1 atom stereocenters. The van der Waals surface area contributed by atoms with Crippen molar-refractivity contribution in [3.8, 4) is 0 Å². The third kappa shape index (κ3) is 3.13. The quantitative estimate of drug-likeness (QED) is 0.814. The summed E-state index contributed by atoms with van der Waals surface area (Å²) in [5.41, 5.74) is 0. The Morgan fingerprint density at radius 3 is 2.80 bits per heavy atom. The number of imidazole rings is 1. The van der Waals surface area contributed by atoms with Gasteiger partial charge in [0.2, 0.25) is 10.0 Å². The molecule has 4 rings (SSSR count). The van der Waals surface area contributed by atoms with Crippen LogP contribution in [0.4, 0.5) is 0 Å². The number of hydrogen-bond acceptors (Lipinski definition) is 5. The van der Waals surface area contributed by atoms with Gasteiger partial charge in [-0.2, -0.15) is 4.31 Å². The summed E-state index contributed by atoms with van der Waals surface area (Å²) in [6, 6.07) is 0. The average Bonchev–Trinajstić information content (AvgIpc) is 3.20. The molecule has 1 aliphatic heterocycles. The highest BCUT2D eigenvalue weighted by Crippen LogP contribution is 2.33. The third-order valence-corrected chi connectivity index (χ3v) is 7.46. The molecule has 0 aromatic carbocycles. The van der Waals surface area contributed by atoms with Crippen LogP contribution in [-0.2, 0) is 16.6 Å². The van der Waals surface area contributed by atoms with Crippen LogP contribution in [0.15, 0.2) is 28.0 Å². The molecule has 8 heteroatoms. The highest BCUT2D eigenvalue weighted by Gasteiger charge is 2.34. The van der Waals surface area contributed by atoms with Crippen molar-refractivity contribution in [2.45, 2.75) is 56.4 Å². The lowest BCUT2D eigenvalue weighted by molar-refractivity contribution is 0.261. The van der Waals surface area contributed by atoms with Crippen LogP contribution >= 0.6 is 0 Å². The van der Waals surface area contributed by atoms with Gasteiger partial charge in [-0.3, -0.25) is 0 Å². The topological polar surface area (TPSA) is 81.2 Å².